The largest absolute Gasteiger partial charge is 0.481 e. The second kappa shape index (κ2) is 4.88. The number of aromatic nitrogens is 1. The van der Waals surface area contributed by atoms with Gasteiger partial charge in [-0.2, -0.15) is 0 Å². The Morgan fingerprint density at radius 2 is 2.33 bits per heavy atom. The molecule has 1 aromatic heterocycles. The zero-order valence-corrected chi connectivity index (χ0v) is 9.32. The molecule has 0 aromatic carbocycles. The number of amides is 1. The van der Waals surface area contributed by atoms with E-state index in [1.807, 2.05) is 0 Å². The molecule has 1 atom stereocenters. The van der Waals surface area contributed by atoms with Crippen LogP contribution in [0.15, 0.2) is 10.9 Å². The van der Waals surface area contributed by atoms with Gasteiger partial charge in [-0.05, 0) is 0 Å². The van der Waals surface area contributed by atoms with Gasteiger partial charge in [0.25, 0.3) is 5.91 Å². The fourth-order valence-corrected chi connectivity index (χ4v) is 1.61. The predicted molar refractivity (Wildman–Crippen MR) is 55.9 cm³/mol. The maximum Gasteiger partial charge on any atom is 0.308 e. The van der Waals surface area contributed by atoms with E-state index in [2.05, 4.69) is 4.98 Å². The fourth-order valence-electron chi connectivity index (χ4n) is 1.09. The van der Waals surface area contributed by atoms with Crippen LogP contribution in [0.1, 0.15) is 17.4 Å². The summed E-state index contributed by atoms with van der Waals surface area (Å²) < 4.78 is 0. The van der Waals surface area contributed by atoms with Gasteiger partial charge in [-0.25, -0.2) is 4.98 Å². The summed E-state index contributed by atoms with van der Waals surface area (Å²) in [5.41, 5.74) is 1.93. The van der Waals surface area contributed by atoms with Crippen molar-refractivity contribution in [2.45, 2.75) is 6.92 Å². The molecule has 15 heavy (non-hydrogen) atoms. The maximum atomic E-state index is 11.6. The number of carbonyl (C=O) groups excluding carboxylic acids is 1. The van der Waals surface area contributed by atoms with E-state index in [1.165, 1.54) is 16.2 Å². The number of carbonyl (C=O) groups is 2. The fraction of sp³-hybridized carbons (Fsp3) is 0.444. The first-order chi connectivity index (χ1) is 7.02. The van der Waals surface area contributed by atoms with E-state index in [0.29, 0.717) is 5.69 Å². The Labute approximate surface area is 91.4 Å². The number of aliphatic carboxylic acids is 1. The third-order valence-electron chi connectivity index (χ3n) is 1.97. The molecule has 0 aliphatic rings. The zero-order valence-electron chi connectivity index (χ0n) is 8.51. The van der Waals surface area contributed by atoms with Crippen molar-refractivity contribution in [3.05, 3.63) is 16.6 Å². The van der Waals surface area contributed by atoms with Gasteiger partial charge in [-0.15, -0.1) is 11.3 Å². The Bertz CT molecular complexity index is 350. The Hall–Kier alpha value is -1.43. The van der Waals surface area contributed by atoms with Crippen LogP contribution in [-0.2, 0) is 4.79 Å². The van der Waals surface area contributed by atoms with Crippen LogP contribution in [0.3, 0.4) is 0 Å². The molecule has 0 saturated carbocycles. The molecule has 0 aliphatic carbocycles. The van der Waals surface area contributed by atoms with Gasteiger partial charge in [-0.1, -0.05) is 6.92 Å². The van der Waals surface area contributed by atoms with E-state index in [-0.39, 0.29) is 12.5 Å². The van der Waals surface area contributed by atoms with Gasteiger partial charge in [0.1, 0.15) is 5.69 Å². The van der Waals surface area contributed by atoms with E-state index in [1.54, 1.807) is 24.9 Å². The Balaban J connectivity index is 2.58. The summed E-state index contributed by atoms with van der Waals surface area (Å²) in [6, 6.07) is 0. The third-order valence-corrected chi connectivity index (χ3v) is 2.55. The van der Waals surface area contributed by atoms with Crippen LogP contribution in [0.5, 0.6) is 0 Å². The van der Waals surface area contributed by atoms with Gasteiger partial charge < -0.3 is 10.0 Å². The van der Waals surface area contributed by atoms with Crippen LogP contribution in [0.2, 0.25) is 0 Å². The zero-order chi connectivity index (χ0) is 11.4. The SMILES string of the molecule is CC(CN(C)C(=O)c1cscn1)C(=O)O. The maximum absolute atomic E-state index is 11.6. The topological polar surface area (TPSA) is 70.5 Å². The molecule has 1 rings (SSSR count). The van der Waals surface area contributed by atoms with Crippen molar-refractivity contribution < 1.29 is 14.7 Å². The summed E-state index contributed by atoms with van der Waals surface area (Å²) in [5.74, 6) is -1.73. The van der Waals surface area contributed by atoms with Crippen LogP contribution >= 0.6 is 11.3 Å². The number of carboxylic acids is 1. The van der Waals surface area contributed by atoms with E-state index in [4.69, 9.17) is 5.11 Å². The summed E-state index contributed by atoms with van der Waals surface area (Å²) in [4.78, 5) is 27.5. The molecule has 0 bridgehead atoms. The molecule has 0 fully saturated rings. The van der Waals surface area contributed by atoms with Gasteiger partial charge in [0.2, 0.25) is 0 Å². The van der Waals surface area contributed by atoms with Gasteiger partial charge in [0.05, 0.1) is 11.4 Å². The summed E-state index contributed by atoms with van der Waals surface area (Å²) in [7, 11) is 1.57. The molecule has 0 aliphatic heterocycles. The van der Waals surface area contributed by atoms with Crippen molar-refractivity contribution in [1.82, 2.24) is 9.88 Å². The monoisotopic (exact) mass is 228 g/mol. The van der Waals surface area contributed by atoms with Crippen molar-refractivity contribution in [2.24, 2.45) is 5.92 Å². The number of rotatable bonds is 4. The molecule has 1 heterocycles. The lowest BCUT2D eigenvalue weighted by Gasteiger charge is -2.18. The van der Waals surface area contributed by atoms with Crippen LogP contribution in [0.25, 0.3) is 0 Å². The second-order valence-corrected chi connectivity index (χ2v) is 4.02. The average Bonchev–Trinajstić information content (AvgIpc) is 2.68. The van der Waals surface area contributed by atoms with Crippen molar-refractivity contribution in [2.75, 3.05) is 13.6 Å². The summed E-state index contributed by atoms with van der Waals surface area (Å²) >= 11 is 1.34. The van der Waals surface area contributed by atoms with E-state index in [0.717, 1.165) is 0 Å². The van der Waals surface area contributed by atoms with Crippen molar-refractivity contribution in [3.8, 4) is 0 Å². The van der Waals surface area contributed by atoms with E-state index in [9.17, 15) is 9.59 Å². The van der Waals surface area contributed by atoms with Crippen molar-refractivity contribution >= 4 is 23.2 Å². The first-order valence-corrected chi connectivity index (χ1v) is 5.33. The highest BCUT2D eigenvalue weighted by Gasteiger charge is 2.19. The minimum atomic E-state index is -0.909. The highest BCUT2D eigenvalue weighted by molar-refractivity contribution is 7.07. The molecular weight excluding hydrogens is 216 g/mol. The first-order valence-electron chi connectivity index (χ1n) is 4.39. The molecule has 0 radical (unpaired) electrons. The molecule has 1 unspecified atom stereocenters. The lowest BCUT2D eigenvalue weighted by molar-refractivity contribution is -0.141. The molecule has 6 heteroatoms. The van der Waals surface area contributed by atoms with Gasteiger partial charge >= 0.3 is 5.97 Å². The van der Waals surface area contributed by atoms with Crippen molar-refractivity contribution in [3.63, 3.8) is 0 Å². The quantitative estimate of drug-likeness (QED) is 0.832. The number of hydrogen-bond acceptors (Lipinski definition) is 4. The van der Waals surface area contributed by atoms with Gasteiger partial charge in [0, 0.05) is 19.0 Å². The number of thiazole rings is 1. The number of carboxylic acid groups (broad SMARTS) is 1. The normalized spacial score (nSPS) is 12.1. The van der Waals surface area contributed by atoms with Crippen LogP contribution in [0, 0.1) is 5.92 Å². The molecule has 0 spiro atoms. The summed E-state index contributed by atoms with van der Waals surface area (Å²) in [6.45, 7) is 1.75. The summed E-state index contributed by atoms with van der Waals surface area (Å²) in [5, 5.41) is 10.3. The van der Waals surface area contributed by atoms with Gasteiger partial charge in [0.15, 0.2) is 0 Å². The van der Waals surface area contributed by atoms with Crippen LogP contribution < -0.4 is 0 Å². The Morgan fingerprint density at radius 3 is 2.80 bits per heavy atom. The van der Waals surface area contributed by atoms with E-state index < -0.39 is 11.9 Å². The molecule has 1 aromatic rings. The van der Waals surface area contributed by atoms with Crippen LogP contribution in [0.4, 0.5) is 0 Å². The average molecular weight is 228 g/mol. The highest BCUT2D eigenvalue weighted by Crippen LogP contribution is 2.06. The lowest BCUT2D eigenvalue weighted by Crippen LogP contribution is -2.33. The van der Waals surface area contributed by atoms with E-state index >= 15 is 0 Å². The molecule has 5 nitrogen and oxygen atoms in total. The standard InChI is InChI=1S/C9H12N2O3S/c1-6(9(13)14)3-11(2)8(12)7-4-15-5-10-7/h4-6H,3H2,1-2H3,(H,13,14). The molecule has 1 amide bonds. The first kappa shape index (κ1) is 11.6. The van der Waals surface area contributed by atoms with Gasteiger partial charge in [-0.3, -0.25) is 9.59 Å². The smallest absolute Gasteiger partial charge is 0.308 e. The second-order valence-electron chi connectivity index (χ2n) is 3.30. The Kier molecular flexibility index (Phi) is 3.79. The minimum Gasteiger partial charge on any atom is -0.481 e. The third kappa shape index (κ3) is 3.02. The molecule has 82 valence electrons. The van der Waals surface area contributed by atoms with Crippen molar-refractivity contribution in [1.29, 1.82) is 0 Å². The predicted octanol–water partition coefficient (Wildman–Crippen LogP) is 0.936. The van der Waals surface area contributed by atoms with Crippen LogP contribution in [-0.4, -0.2) is 40.5 Å². The molecular formula is C9H12N2O3S. The molecule has 1 N–H and O–H groups in total. The number of nitrogens with zero attached hydrogens (tertiary/aromatic N) is 2. The minimum absolute atomic E-state index is 0.186. The lowest BCUT2D eigenvalue weighted by atomic mass is 10.2. The molecule has 0 saturated heterocycles. The number of hydrogen-bond donors (Lipinski definition) is 1. The Morgan fingerprint density at radius 1 is 1.67 bits per heavy atom. The summed E-state index contributed by atoms with van der Waals surface area (Å²) in [6.07, 6.45) is 0. The highest BCUT2D eigenvalue weighted by atomic mass is 32.1.